The lowest BCUT2D eigenvalue weighted by atomic mass is 9.96. The summed E-state index contributed by atoms with van der Waals surface area (Å²) < 4.78 is 5.58. The van der Waals surface area contributed by atoms with E-state index in [0.717, 1.165) is 65.1 Å². The average Bonchev–Trinajstić information content (AvgIpc) is 2.86. The lowest BCUT2D eigenvalue weighted by Gasteiger charge is -2.28. The van der Waals surface area contributed by atoms with Crippen LogP contribution in [0.3, 0.4) is 0 Å². The fourth-order valence-corrected chi connectivity index (χ4v) is 3.79. The molecule has 1 aromatic rings. The quantitative estimate of drug-likeness (QED) is 0.913. The van der Waals surface area contributed by atoms with Crippen LogP contribution in [-0.4, -0.2) is 61.3 Å². The van der Waals surface area contributed by atoms with Crippen molar-refractivity contribution in [2.45, 2.75) is 38.8 Å². The third-order valence-corrected chi connectivity index (χ3v) is 5.26. The van der Waals surface area contributed by atoms with Crippen LogP contribution in [-0.2, 0) is 11.3 Å². The largest absolute Gasteiger partial charge is 0.378 e. The van der Waals surface area contributed by atoms with E-state index in [1.54, 1.807) is 0 Å². The van der Waals surface area contributed by atoms with Crippen molar-refractivity contribution in [1.82, 2.24) is 15.1 Å². The highest BCUT2D eigenvalue weighted by atomic mass is 16.5. The van der Waals surface area contributed by atoms with Crippen LogP contribution < -0.4 is 5.32 Å². The number of urea groups is 1. The van der Waals surface area contributed by atoms with Gasteiger partial charge in [0.05, 0.1) is 6.10 Å². The molecule has 2 fully saturated rings. The summed E-state index contributed by atoms with van der Waals surface area (Å²) in [6.07, 6.45) is 3.45. The van der Waals surface area contributed by atoms with Gasteiger partial charge < -0.3 is 15.0 Å². The second-order valence-corrected chi connectivity index (χ2v) is 7.36. The zero-order valence-electron chi connectivity index (χ0n) is 15.3. The van der Waals surface area contributed by atoms with E-state index in [9.17, 15) is 4.79 Å². The molecule has 3 rings (SSSR count). The van der Waals surface area contributed by atoms with Crippen molar-refractivity contribution in [2.75, 3.05) is 39.3 Å². The predicted octanol–water partition coefficient (Wildman–Crippen LogP) is 2.72. The highest BCUT2D eigenvalue weighted by Crippen LogP contribution is 2.19. The van der Waals surface area contributed by atoms with E-state index in [2.05, 4.69) is 47.5 Å². The van der Waals surface area contributed by atoms with Crippen LogP contribution in [0.4, 0.5) is 4.79 Å². The molecule has 0 unspecified atom stereocenters. The second kappa shape index (κ2) is 9.20. The molecule has 2 saturated heterocycles. The first-order valence-electron chi connectivity index (χ1n) is 9.61. The topological polar surface area (TPSA) is 44.8 Å². The molecule has 2 atom stereocenters. The van der Waals surface area contributed by atoms with E-state index in [4.69, 9.17) is 4.74 Å². The van der Waals surface area contributed by atoms with Gasteiger partial charge in [0.2, 0.25) is 0 Å². The lowest BCUT2D eigenvalue weighted by Crippen LogP contribution is -2.44. The van der Waals surface area contributed by atoms with Crippen LogP contribution in [0.1, 0.15) is 31.7 Å². The lowest BCUT2D eigenvalue weighted by molar-refractivity contribution is 0.00324. The molecule has 0 aliphatic carbocycles. The monoisotopic (exact) mass is 345 g/mol. The molecule has 25 heavy (non-hydrogen) atoms. The molecule has 0 bridgehead atoms. The van der Waals surface area contributed by atoms with Crippen molar-refractivity contribution in [1.29, 1.82) is 0 Å². The van der Waals surface area contributed by atoms with Crippen molar-refractivity contribution in [3.05, 3.63) is 35.9 Å². The number of hydrogen-bond donors (Lipinski definition) is 1. The molecule has 138 valence electrons. The standard InChI is InChI=1S/C20H31N3O2/c1-17-14-19(8-13-25-17)15-21-20(24)23-10-5-9-22(11-12-23)16-18-6-3-2-4-7-18/h2-4,6-7,17,19H,5,8-16H2,1H3,(H,21,24)/t17-,19+/m1/s1. The molecule has 2 aliphatic heterocycles. The van der Waals surface area contributed by atoms with Crippen LogP contribution in [0, 0.1) is 5.92 Å². The van der Waals surface area contributed by atoms with E-state index >= 15 is 0 Å². The highest BCUT2D eigenvalue weighted by molar-refractivity contribution is 5.74. The molecule has 0 saturated carbocycles. The van der Waals surface area contributed by atoms with Gasteiger partial charge >= 0.3 is 6.03 Å². The molecule has 2 aliphatic rings. The second-order valence-electron chi connectivity index (χ2n) is 7.36. The van der Waals surface area contributed by atoms with E-state index < -0.39 is 0 Å². The number of amides is 2. The minimum Gasteiger partial charge on any atom is -0.378 e. The van der Waals surface area contributed by atoms with Crippen LogP contribution >= 0.6 is 0 Å². The summed E-state index contributed by atoms with van der Waals surface area (Å²) in [7, 11) is 0. The van der Waals surface area contributed by atoms with E-state index in [1.165, 1.54) is 5.56 Å². The van der Waals surface area contributed by atoms with Crippen LogP contribution in [0.5, 0.6) is 0 Å². The van der Waals surface area contributed by atoms with Crippen molar-refractivity contribution in [2.24, 2.45) is 5.92 Å². The van der Waals surface area contributed by atoms with Gasteiger partial charge in [-0.15, -0.1) is 0 Å². The first-order chi connectivity index (χ1) is 12.2. The van der Waals surface area contributed by atoms with Crippen LogP contribution in [0.15, 0.2) is 30.3 Å². The van der Waals surface area contributed by atoms with Crippen molar-refractivity contribution >= 4 is 6.03 Å². The Morgan fingerprint density at radius 3 is 2.84 bits per heavy atom. The summed E-state index contributed by atoms with van der Waals surface area (Å²) in [4.78, 5) is 16.9. The van der Waals surface area contributed by atoms with Gasteiger partial charge in [-0.3, -0.25) is 4.90 Å². The Bertz CT molecular complexity index is 537. The van der Waals surface area contributed by atoms with Crippen molar-refractivity contribution < 1.29 is 9.53 Å². The number of benzene rings is 1. The van der Waals surface area contributed by atoms with E-state index in [-0.39, 0.29) is 6.03 Å². The molecule has 1 aromatic carbocycles. The number of hydrogen-bond acceptors (Lipinski definition) is 3. The summed E-state index contributed by atoms with van der Waals surface area (Å²) in [5, 5.41) is 3.15. The molecule has 0 aromatic heterocycles. The Labute approximate surface area is 151 Å². The molecule has 1 N–H and O–H groups in total. The normalized spacial score (nSPS) is 25.4. The Morgan fingerprint density at radius 2 is 2.04 bits per heavy atom. The Kier molecular flexibility index (Phi) is 6.70. The first kappa shape index (κ1) is 18.2. The molecule has 2 heterocycles. The zero-order valence-corrected chi connectivity index (χ0v) is 15.3. The van der Waals surface area contributed by atoms with Crippen LogP contribution in [0.25, 0.3) is 0 Å². The first-order valence-corrected chi connectivity index (χ1v) is 9.61. The number of carbonyl (C=O) groups is 1. The maximum absolute atomic E-state index is 12.5. The van der Waals surface area contributed by atoms with Gasteiger partial charge in [0.15, 0.2) is 0 Å². The van der Waals surface area contributed by atoms with Gasteiger partial charge in [-0.25, -0.2) is 4.79 Å². The smallest absolute Gasteiger partial charge is 0.317 e. The predicted molar refractivity (Wildman–Crippen MR) is 99.4 cm³/mol. The van der Waals surface area contributed by atoms with Gasteiger partial charge in [-0.2, -0.15) is 0 Å². The minimum absolute atomic E-state index is 0.0979. The summed E-state index contributed by atoms with van der Waals surface area (Å²) >= 11 is 0. The summed E-state index contributed by atoms with van der Waals surface area (Å²) in [6.45, 7) is 8.33. The third kappa shape index (κ3) is 5.72. The number of rotatable bonds is 4. The number of carbonyl (C=O) groups excluding carboxylic acids is 1. The summed E-state index contributed by atoms with van der Waals surface area (Å²) in [5.41, 5.74) is 1.34. The third-order valence-electron chi connectivity index (χ3n) is 5.26. The number of nitrogens with zero attached hydrogens (tertiary/aromatic N) is 2. The molecule has 5 nitrogen and oxygen atoms in total. The zero-order chi connectivity index (χ0) is 17.5. The van der Waals surface area contributed by atoms with Gasteiger partial charge in [-0.1, -0.05) is 30.3 Å². The molecule has 5 heteroatoms. The Balaban J connectivity index is 1.41. The van der Waals surface area contributed by atoms with Gasteiger partial charge in [0.25, 0.3) is 0 Å². The summed E-state index contributed by atoms with van der Waals surface area (Å²) in [6, 6.07) is 10.7. The number of ether oxygens (including phenoxy) is 1. The van der Waals surface area contributed by atoms with Gasteiger partial charge in [-0.05, 0) is 37.7 Å². The Morgan fingerprint density at radius 1 is 1.20 bits per heavy atom. The van der Waals surface area contributed by atoms with Crippen LogP contribution in [0.2, 0.25) is 0 Å². The molecule has 0 radical (unpaired) electrons. The van der Waals surface area contributed by atoms with E-state index in [0.29, 0.717) is 12.0 Å². The summed E-state index contributed by atoms with van der Waals surface area (Å²) in [5.74, 6) is 0.550. The fraction of sp³-hybridized carbons (Fsp3) is 0.650. The maximum Gasteiger partial charge on any atom is 0.317 e. The average molecular weight is 345 g/mol. The molecular weight excluding hydrogens is 314 g/mol. The van der Waals surface area contributed by atoms with E-state index in [1.807, 2.05) is 4.90 Å². The molecular formula is C20H31N3O2. The Hall–Kier alpha value is -1.59. The van der Waals surface area contributed by atoms with Crippen molar-refractivity contribution in [3.63, 3.8) is 0 Å². The minimum atomic E-state index is 0.0979. The van der Waals surface area contributed by atoms with Gasteiger partial charge in [0, 0.05) is 45.9 Å². The highest BCUT2D eigenvalue weighted by Gasteiger charge is 2.22. The molecule has 2 amide bonds. The SMILES string of the molecule is C[C@@H]1C[C@@H](CNC(=O)N2CCCN(Cc3ccccc3)CC2)CCO1. The van der Waals surface area contributed by atoms with Crippen molar-refractivity contribution in [3.8, 4) is 0 Å². The maximum atomic E-state index is 12.5. The number of nitrogens with one attached hydrogen (secondary N) is 1. The molecule has 0 spiro atoms. The van der Waals surface area contributed by atoms with Gasteiger partial charge in [0.1, 0.15) is 0 Å². The fourth-order valence-electron chi connectivity index (χ4n) is 3.79.